The smallest absolute Gasteiger partial charge is 0.326 e. The van der Waals surface area contributed by atoms with Crippen LogP contribution in [0.5, 0.6) is 0 Å². The van der Waals surface area contributed by atoms with E-state index in [1.807, 2.05) is 13.8 Å². The molecule has 0 amide bonds. The Balaban J connectivity index is 2.65. The lowest BCUT2D eigenvalue weighted by Gasteiger charge is -2.34. The quantitative estimate of drug-likeness (QED) is 0.734. The van der Waals surface area contributed by atoms with Crippen LogP contribution in [-0.4, -0.2) is 48.2 Å². The number of nitrogens with zero attached hydrogens (tertiary/aromatic N) is 1. The van der Waals surface area contributed by atoms with Crippen LogP contribution in [0.15, 0.2) is 0 Å². The van der Waals surface area contributed by atoms with Gasteiger partial charge in [-0.3, -0.25) is 10.1 Å². The number of carbonyl (C=O) groups excluding carboxylic acids is 1. The van der Waals surface area contributed by atoms with Crippen LogP contribution >= 0.6 is 0 Å². The van der Waals surface area contributed by atoms with Gasteiger partial charge in [0.2, 0.25) is 0 Å². The zero-order valence-corrected chi connectivity index (χ0v) is 14.6. The number of esters is 1. The molecule has 1 heterocycles. The summed E-state index contributed by atoms with van der Waals surface area (Å²) >= 11 is 0. The van der Waals surface area contributed by atoms with Crippen molar-refractivity contribution < 1.29 is 9.53 Å². The Kier molecular flexibility index (Phi) is 7.67. The summed E-state index contributed by atoms with van der Waals surface area (Å²) in [5.74, 6) is -0.124. The van der Waals surface area contributed by atoms with E-state index in [1.54, 1.807) is 0 Å². The first-order chi connectivity index (χ1) is 9.89. The van der Waals surface area contributed by atoms with Crippen LogP contribution < -0.4 is 5.32 Å². The van der Waals surface area contributed by atoms with Gasteiger partial charge in [0.05, 0.1) is 6.61 Å². The number of hydrogen-bond donors (Lipinski definition) is 1. The second-order valence-corrected chi connectivity index (χ2v) is 6.84. The lowest BCUT2D eigenvalue weighted by Crippen LogP contribution is -2.55. The van der Waals surface area contributed by atoms with Crippen LogP contribution in [0, 0.1) is 0 Å². The van der Waals surface area contributed by atoms with E-state index < -0.39 is 5.54 Å². The molecule has 0 radical (unpaired) electrons. The summed E-state index contributed by atoms with van der Waals surface area (Å²) in [4.78, 5) is 14.9. The molecule has 1 aliphatic rings. The number of hydrogen-bond acceptors (Lipinski definition) is 4. The van der Waals surface area contributed by atoms with Gasteiger partial charge in [-0.25, -0.2) is 0 Å². The Morgan fingerprint density at radius 1 is 1.38 bits per heavy atom. The van der Waals surface area contributed by atoms with E-state index in [9.17, 15) is 4.79 Å². The molecule has 1 aliphatic heterocycles. The summed E-state index contributed by atoms with van der Waals surface area (Å²) in [6.45, 7) is 12.9. The van der Waals surface area contributed by atoms with Gasteiger partial charge in [0, 0.05) is 18.6 Å². The lowest BCUT2D eigenvalue weighted by atomic mass is 9.96. The SMILES string of the molecule is CCOC(=O)C(C)(CCN1CCCCCC1C)NC(C)C. The van der Waals surface area contributed by atoms with Crippen molar-refractivity contribution in [3.8, 4) is 0 Å². The lowest BCUT2D eigenvalue weighted by molar-refractivity contribution is -0.151. The van der Waals surface area contributed by atoms with Crippen LogP contribution in [0.4, 0.5) is 0 Å². The summed E-state index contributed by atoms with van der Waals surface area (Å²) in [6.07, 6.45) is 6.01. The molecular weight excluding hydrogens is 264 g/mol. The highest BCUT2D eigenvalue weighted by Gasteiger charge is 2.35. The topological polar surface area (TPSA) is 41.6 Å². The van der Waals surface area contributed by atoms with Gasteiger partial charge in [0.1, 0.15) is 5.54 Å². The summed E-state index contributed by atoms with van der Waals surface area (Å²) in [7, 11) is 0. The van der Waals surface area contributed by atoms with Gasteiger partial charge in [-0.15, -0.1) is 0 Å². The Morgan fingerprint density at radius 3 is 2.71 bits per heavy atom. The van der Waals surface area contributed by atoms with Gasteiger partial charge in [0.15, 0.2) is 0 Å². The highest BCUT2D eigenvalue weighted by molar-refractivity contribution is 5.80. The molecule has 2 atom stereocenters. The van der Waals surface area contributed by atoms with Gasteiger partial charge in [-0.2, -0.15) is 0 Å². The molecule has 1 N–H and O–H groups in total. The van der Waals surface area contributed by atoms with Crippen molar-refractivity contribution in [2.75, 3.05) is 19.7 Å². The molecule has 0 aromatic heterocycles. The first-order valence-corrected chi connectivity index (χ1v) is 8.58. The van der Waals surface area contributed by atoms with Crippen molar-refractivity contribution in [3.05, 3.63) is 0 Å². The van der Waals surface area contributed by atoms with Crippen LogP contribution in [0.1, 0.15) is 66.7 Å². The van der Waals surface area contributed by atoms with Gasteiger partial charge in [-0.1, -0.05) is 12.8 Å². The maximum atomic E-state index is 12.3. The van der Waals surface area contributed by atoms with Crippen LogP contribution in [0.2, 0.25) is 0 Å². The van der Waals surface area contributed by atoms with Gasteiger partial charge in [0.25, 0.3) is 0 Å². The number of rotatable bonds is 7. The third kappa shape index (κ3) is 5.95. The first-order valence-electron chi connectivity index (χ1n) is 8.58. The minimum absolute atomic E-state index is 0.124. The van der Waals surface area contributed by atoms with Crippen LogP contribution in [0.25, 0.3) is 0 Å². The molecule has 1 rings (SSSR count). The predicted octanol–water partition coefficient (Wildman–Crippen LogP) is 2.96. The van der Waals surface area contributed by atoms with Crippen molar-refractivity contribution >= 4 is 5.97 Å². The molecule has 0 spiro atoms. The molecule has 1 saturated heterocycles. The summed E-state index contributed by atoms with van der Waals surface area (Å²) in [5, 5.41) is 3.41. The minimum Gasteiger partial charge on any atom is -0.465 e. The molecule has 0 aromatic carbocycles. The molecular formula is C17H34N2O2. The summed E-state index contributed by atoms with van der Waals surface area (Å²) in [5.41, 5.74) is -0.587. The van der Waals surface area contributed by atoms with Crippen LogP contribution in [0.3, 0.4) is 0 Å². The number of ether oxygens (including phenoxy) is 1. The van der Waals surface area contributed by atoms with E-state index in [4.69, 9.17) is 4.74 Å². The molecule has 21 heavy (non-hydrogen) atoms. The third-order valence-electron chi connectivity index (χ3n) is 4.42. The zero-order chi connectivity index (χ0) is 15.9. The van der Waals surface area contributed by atoms with Crippen molar-refractivity contribution in [2.24, 2.45) is 0 Å². The maximum absolute atomic E-state index is 12.3. The van der Waals surface area contributed by atoms with E-state index in [0.29, 0.717) is 12.6 Å². The molecule has 0 aromatic rings. The second kappa shape index (κ2) is 8.74. The summed E-state index contributed by atoms with van der Waals surface area (Å²) < 4.78 is 5.28. The maximum Gasteiger partial charge on any atom is 0.326 e. The Hall–Kier alpha value is -0.610. The molecule has 4 nitrogen and oxygen atoms in total. The monoisotopic (exact) mass is 298 g/mol. The highest BCUT2D eigenvalue weighted by atomic mass is 16.5. The molecule has 0 saturated carbocycles. The van der Waals surface area contributed by atoms with Crippen LogP contribution in [-0.2, 0) is 9.53 Å². The van der Waals surface area contributed by atoms with Gasteiger partial charge >= 0.3 is 5.97 Å². The molecule has 2 unspecified atom stereocenters. The second-order valence-electron chi connectivity index (χ2n) is 6.84. The fourth-order valence-electron chi connectivity index (χ4n) is 3.19. The molecule has 1 fully saturated rings. The van der Waals surface area contributed by atoms with E-state index in [-0.39, 0.29) is 12.0 Å². The van der Waals surface area contributed by atoms with Crippen molar-refractivity contribution in [2.45, 2.75) is 84.3 Å². The zero-order valence-electron chi connectivity index (χ0n) is 14.6. The van der Waals surface area contributed by atoms with Gasteiger partial charge < -0.3 is 9.64 Å². The Morgan fingerprint density at radius 2 is 2.10 bits per heavy atom. The summed E-state index contributed by atoms with van der Waals surface area (Å²) in [6, 6.07) is 0.888. The largest absolute Gasteiger partial charge is 0.465 e. The average molecular weight is 298 g/mol. The van der Waals surface area contributed by atoms with Gasteiger partial charge in [-0.05, 0) is 60.4 Å². The fraction of sp³-hybridized carbons (Fsp3) is 0.941. The van der Waals surface area contributed by atoms with E-state index in [1.165, 1.54) is 25.7 Å². The molecule has 124 valence electrons. The van der Waals surface area contributed by atoms with E-state index >= 15 is 0 Å². The van der Waals surface area contributed by atoms with E-state index in [2.05, 4.69) is 31.0 Å². The van der Waals surface area contributed by atoms with Crippen molar-refractivity contribution in [3.63, 3.8) is 0 Å². The number of nitrogens with one attached hydrogen (secondary N) is 1. The normalized spacial score (nSPS) is 23.6. The van der Waals surface area contributed by atoms with E-state index in [0.717, 1.165) is 19.5 Å². The molecule has 0 bridgehead atoms. The molecule has 0 aliphatic carbocycles. The van der Waals surface area contributed by atoms with Crippen molar-refractivity contribution in [1.29, 1.82) is 0 Å². The Bertz CT molecular complexity index is 320. The third-order valence-corrected chi connectivity index (χ3v) is 4.42. The molecule has 4 heteroatoms. The number of carbonyl (C=O) groups is 1. The number of likely N-dealkylation sites (tertiary alicyclic amines) is 1. The highest BCUT2D eigenvalue weighted by Crippen LogP contribution is 2.20. The minimum atomic E-state index is -0.587. The van der Waals surface area contributed by atoms with Crippen molar-refractivity contribution in [1.82, 2.24) is 10.2 Å². The fourth-order valence-corrected chi connectivity index (χ4v) is 3.19. The average Bonchev–Trinajstić information content (AvgIpc) is 2.60. The predicted molar refractivity (Wildman–Crippen MR) is 87.4 cm³/mol. The Labute approximate surface area is 130 Å². The first kappa shape index (κ1) is 18.4. The standard InChI is InChI=1S/C17H34N2O2/c1-6-21-16(20)17(5,18-14(2)3)11-13-19-12-9-7-8-10-15(19)4/h14-15,18H,6-13H2,1-5H3.